The van der Waals surface area contributed by atoms with E-state index >= 15 is 0 Å². The number of benzene rings is 1. The van der Waals surface area contributed by atoms with Gasteiger partial charge in [-0.2, -0.15) is 0 Å². The number of alkyl halides is 1. The molecule has 6 nitrogen and oxygen atoms in total. The summed E-state index contributed by atoms with van der Waals surface area (Å²) in [5.41, 5.74) is 2.06. The van der Waals surface area contributed by atoms with Gasteiger partial charge >= 0.3 is 0 Å². The minimum absolute atomic E-state index is 0.0233. The molecule has 2 aliphatic rings. The van der Waals surface area contributed by atoms with Crippen molar-refractivity contribution in [3.63, 3.8) is 0 Å². The molecule has 0 saturated heterocycles. The Morgan fingerprint density at radius 1 is 1.33 bits per heavy atom. The normalized spacial score (nSPS) is 23.7. The van der Waals surface area contributed by atoms with Gasteiger partial charge in [-0.1, -0.05) is 6.08 Å². The van der Waals surface area contributed by atoms with E-state index in [1.165, 1.54) is 19.2 Å². The van der Waals surface area contributed by atoms with Gasteiger partial charge in [0, 0.05) is 43.0 Å². The Morgan fingerprint density at radius 3 is 2.73 bits per heavy atom. The number of nitrogens with zero attached hydrogens (tertiary/aromatic N) is 2. The summed E-state index contributed by atoms with van der Waals surface area (Å²) in [5.74, 6) is -1.51. The van der Waals surface area contributed by atoms with Crippen LogP contribution in [0.4, 0.5) is 4.39 Å². The molecule has 1 aliphatic carbocycles. The van der Waals surface area contributed by atoms with Gasteiger partial charge in [0.15, 0.2) is 0 Å². The van der Waals surface area contributed by atoms with E-state index < -0.39 is 29.9 Å². The molecule has 33 heavy (non-hydrogen) atoms. The molecule has 1 amide bonds. The Bertz CT molecular complexity index is 1220. The molecule has 0 bridgehead atoms. The first kappa shape index (κ1) is 23.6. The predicted octanol–water partition coefficient (Wildman–Crippen LogP) is 4.64. The van der Waals surface area contributed by atoms with E-state index in [9.17, 15) is 13.8 Å². The highest BCUT2D eigenvalue weighted by atomic mass is 35.5. The predicted molar refractivity (Wildman–Crippen MR) is 127 cm³/mol. The van der Waals surface area contributed by atoms with E-state index in [0.29, 0.717) is 17.7 Å². The highest BCUT2D eigenvalue weighted by Gasteiger charge is 2.47. The van der Waals surface area contributed by atoms with Gasteiger partial charge in [0.25, 0.3) is 13.3 Å². The van der Waals surface area contributed by atoms with Crippen LogP contribution >= 0.6 is 19.0 Å². The molecular weight excluding hydrogens is 464 g/mol. The number of aliphatic imine (C=N–C) groups is 1. The van der Waals surface area contributed by atoms with Gasteiger partial charge in [0.2, 0.25) is 0 Å². The number of allylic oxidation sites excluding steroid dienone is 3. The number of pyridine rings is 1. The Kier molecular flexibility index (Phi) is 6.41. The molecule has 172 valence electrons. The summed E-state index contributed by atoms with van der Waals surface area (Å²) in [4.78, 5) is 21.0. The maximum Gasteiger partial charge on any atom is 0.270 e. The Hall–Kier alpha value is -2.60. The zero-order chi connectivity index (χ0) is 23.8. The Balaban J connectivity index is 1.80. The summed E-state index contributed by atoms with van der Waals surface area (Å²) in [7, 11) is -2.54. The molecule has 3 unspecified atom stereocenters. The van der Waals surface area contributed by atoms with Crippen LogP contribution in [-0.2, 0) is 20.4 Å². The molecule has 0 fully saturated rings. The highest BCUT2D eigenvalue weighted by molar-refractivity contribution is 7.71. The average molecular weight is 488 g/mol. The van der Waals surface area contributed by atoms with Gasteiger partial charge in [-0.3, -0.25) is 14.3 Å². The Morgan fingerprint density at radius 2 is 2.06 bits per heavy atom. The molecule has 2 heterocycles. The molecule has 0 saturated carbocycles. The number of carbonyl (C=O) groups excluding carboxylic acids is 1. The molecule has 1 N–H and O–H groups in total. The fraction of sp³-hybridized carbons (Fsp3) is 0.292. The number of fused-ring (bicyclic) bond motifs is 1. The van der Waals surface area contributed by atoms with Gasteiger partial charge in [-0.05, 0) is 67.8 Å². The minimum atomic E-state index is -3.84. The highest BCUT2D eigenvalue weighted by Crippen LogP contribution is 2.61. The lowest BCUT2D eigenvalue weighted by atomic mass is 9.86. The van der Waals surface area contributed by atoms with Crippen LogP contribution in [0, 0.1) is 18.7 Å². The topological polar surface area (TPSA) is 80.7 Å². The lowest BCUT2D eigenvalue weighted by Gasteiger charge is -2.31. The molecule has 4 rings (SSSR count). The fourth-order valence-corrected chi connectivity index (χ4v) is 6.79. The second kappa shape index (κ2) is 8.98. The van der Waals surface area contributed by atoms with Crippen LogP contribution in [0.15, 0.2) is 70.9 Å². The molecule has 2 aromatic rings. The van der Waals surface area contributed by atoms with E-state index in [0.717, 1.165) is 5.56 Å². The number of nitrogens with one attached hydrogen (secondary N) is 1. The first-order chi connectivity index (χ1) is 15.6. The lowest BCUT2D eigenvalue weighted by molar-refractivity contribution is -0.117. The number of aryl methyl sites for hydroxylation is 1. The van der Waals surface area contributed by atoms with Crippen LogP contribution in [0.3, 0.4) is 0 Å². The van der Waals surface area contributed by atoms with Gasteiger partial charge in [0.1, 0.15) is 11.5 Å². The van der Waals surface area contributed by atoms with E-state index in [-0.39, 0.29) is 22.9 Å². The zero-order valence-electron chi connectivity index (χ0n) is 18.5. The fourth-order valence-electron chi connectivity index (χ4n) is 4.16. The first-order valence-electron chi connectivity index (χ1n) is 10.4. The van der Waals surface area contributed by atoms with Crippen molar-refractivity contribution in [3.05, 3.63) is 82.8 Å². The average Bonchev–Trinajstić information content (AvgIpc) is 3.15. The van der Waals surface area contributed by atoms with Crippen LogP contribution in [0.25, 0.3) is 0 Å². The van der Waals surface area contributed by atoms with Crippen molar-refractivity contribution in [2.45, 2.75) is 31.7 Å². The summed E-state index contributed by atoms with van der Waals surface area (Å²) in [6.07, 6.45) is 7.20. The van der Waals surface area contributed by atoms with Gasteiger partial charge in [-0.25, -0.2) is 9.38 Å². The zero-order valence-corrected chi connectivity index (χ0v) is 20.2. The van der Waals surface area contributed by atoms with Gasteiger partial charge in [0.05, 0.1) is 10.2 Å². The lowest BCUT2D eigenvalue weighted by Crippen LogP contribution is -2.30. The smallest absolute Gasteiger partial charge is 0.270 e. The van der Waals surface area contributed by atoms with Crippen molar-refractivity contribution in [2.24, 2.45) is 10.9 Å². The van der Waals surface area contributed by atoms with Gasteiger partial charge in [-0.15, -0.1) is 11.6 Å². The summed E-state index contributed by atoms with van der Waals surface area (Å²) >= 11 is 6.60. The molecule has 1 aromatic heterocycles. The van der Waals surface area contributed by atoms with Crippen molar-refractivity contribution in [1.82, 2.24) is 10.3 Å². The monoisotopic (exact) mass is 487 g/mol. The molecule has 0 radical (unpaired) electrons. The second-order valence-electron chi connectivity index (χ2n) is 8.40. The van der Waals surface area contributed by atoms with Crippen LogP contribution in [0.5, 0.6) is 0 Å². The van der Waals surface area contributed by atoms with Crippen molar-refractivity contribution in [2.75, 3.05) is 7.11 Å². The minimum Gasteiger partial charge on any atom is -0.347 e. The third-order valence-electron chi connectivity index (χ3n) is 5.73. The quantitative estimate of drug-likeness (QED) is 0.475. The Labute approximate surface area is 197 Å². The van der Waals surface area contributed by atoms with Crippen molar-refractivity contribution in [3.8, 4) is 0 Å². The summed E-state index contributed by atoms with van der Waals surface area (Å²) in [6, 6.07) is 7.72. The number of aromatic nitrogens is 1. The van der Waals surface area contributed by atoms with Crippen molar-refractivity contribution in [1.29, 1.82) is 0 Å². The summed E-state index contributed by atoms with van der Waals surface area (Å²) in [5, 5.41) is 3.26. The number of halogens is 2. The number of hydrogen-bond donors (Lipinski definition) is 1. The van der Waals surface area contributed by atoms with E-state index in [4.69, 9.17) is 16.1 Å². The molecule has 1 aliphatic heterocycles. The van der Waals surface area contributed by atoms with E-state index in [1.807, 2.05) is 13.0 Å². The molecule has 0 spiro atoms. The first-order valence-corrected chi connectivity index (χ1v) is 12.5. The molecular formula is C24H24ClFN3O3P. The number of hydrogen-bond acceptors (Lipinski definition) is 5. The maximum atomic E-state index is 14.4. The largest absolute Gasteiger partial charge is 0.347 e. The number of carbonyl (C=O) groups is 1. The molecule has 9 heteroatoms. The van der Waals surface area contributed by atoms with Crippen molar-refractivity contribution >= 4 is 35.9 Å². The standard InChI is InChI=1S/C24H24ClFN3O3P/c1-15-10-17(26)12-18(11-15)33(31,32-3)22-19-13-24(2,25)7-4-20(19)29-21(22)23(30)28-14-16-5-8-27-9-6-16/h4-12,19H,13-14H2,1-3H3,(H,28,30). The SMILES string of the molecule is COP(=O)(C1=C(C(=O)NCc2ccncc2)N=C2C=CC(C)(Cl)CC21)c1cc(C)cc(F)c1. The van der Waals surface area contributed by atoms with Crippen molar-refractivity contribution < 1.29 is 18.3 Å². The second-order valence-corrected chi connectivity index (χ2v) is 11.7. The van der Waals surface area contributed by atoms with Crippen LogP contribution < -0.4 is 10.6 Å². The third-order valence-corrected chi connectivity index (χ3v) is 8.62. The molecule has 3 atom stereocenters. The van der Waals surface area contributed by atoms with Crippen LogP contribution in [0.1, 0.15) is 24.5 Å². The van der Waals surface area contributed by atoms with E-state index in [1.54, 1.807) is 43.6 Å². The maximum absolute atomic E-state index is 14.4. The summed E-state index contributed by atoms with van der Waals surface area (Å²) in [6.45, 7) is 3.79. The van der Waals surface area contributed by atoms with Crippen LogP contribution in [0.2, 0.25) is 0 Å². The number of amides is 1. The third kappa shape index (κ3) is 4.72. The molecule has 1 aromatic carbocycles. The van der Waals surface area contributed by atoms with Gasteiger partial charge < -0.3 is 9.84 Å². The number of rotatable bonds is 6. The summed E-state index contributed by atoms with van der Waals surface area (Å²) < 4.78 is 34.2. The van der Waals surface area contributed by atoms with E-state index in [2.05, 4.69) is 15.3 Å². The van der Waals surface area contributed by atoms with Crippen LogP contribution in [-0.4, -0.2) is 28.6 Å².